The van der Waals surface area contributed by atoms with E-state index >= 15 is 0 Å². The van der Waals surface area contributed by atoms with Gasteiger partial charge in [-0.25, -0.2) is 9.97 Å². The van der Waals surface area contributed by atoms with E-state index < -0.39 is 0 Å². The summed E-state index contributed by atoms with van der Waals surface area (Å²) in [4.78, 5) is 21.2. The molecule has 0 bridgehead atoms. The van der Waals surface area contributed by atoms with Crippen LogP contribution in [0, 0.1) is 0 Å². The number of amides is 1. The van der Waals surface area contributed by atoms with Gasteiger partial charge in [-0.05, 0) is 0 Å². The van der Waals surface area contributed by atoms with E-state index in [0.717, 1.165) is 5.69 Å². The standard InChI is InChI=1S/C13H19N3O2/c1-9(17)16-6-10(7-16)18-12-5-11(13(2,3)4)14-8-15-12/h5,8,10H,6-7H2,1-4H3. The predicted octanol–water partition coefficient (Wildman–Crippen LogP) is 1.38. The lowest BCUT2D eigenvalue weighted by molar-refractivity contribution is -0.137. The molecule has 0 aromatic carbocycles. The number of rotatable bonds is 2. The minimum atomic E-state index is -0.0217. The van der Waals surface area contributed by atoms with Crippen LogP contribution in [0.3, 0.4) is 0 Å². The summed E-state index contributed by atoms with van der Waals surface area (Å²) in [6.07, 6.45) is 1.58. The second kappa shape index (κ2) is 4.55. The van der Waals surface area contributed by atoms with E-state index in [0.29, 0.717) is 19.0 Å². The van der Waals surface area contributed by atoms with Gasteiger partial charge in [-0.2, -0.15) is 0 Å². The molecule has 0 spiro atoms. The average Bonchev–Trinajstić information content (AvgIpc) is 2.21. The zero-order chi connectivity index (χ0) is 13.3. The highest BCUT2D eigenvalue weighted by atomic mass is 16.5. The van der Waals surface area contributed by atoms with Crippen molar-refractivity contribution in [3.63, 3.8) is 0 Å². The van der Waals surface area contributed by atoms with Crippen LogP contribution in [0.15, 0.2) is 12.4 Å². The summed E-state index contributed by atoms with van der Waals surface area (Å²) in [5, 5.41) is 0. The summed E-state index contributed by atoms with van der Waals surface area (Å²) < 4.78 is 5.72. The van der Waals surface area contributed by atoms with E-state index in [-0.39, 0.29) is 17.4 Å². The van der Waals surface area contributed by atoms with E-state index in [4.69, 9.17) is 4.74 Å². The van der Waals surface area contributed by atoms with Gasteiger partial charge in [0, 0.05) is 18.4 Å². The largest absolute Gasteiger partial charge is 0.470 e. The molecule has 1 aliphatic heterocycles. The number of carbonyl (C=O) groups excluding carboxylic acids is 1. The molecule has 18 heavy (non-hydrogen) atoms. The van der Waals surface area contributed by atoms with Gasteiger partial charge in [0.1, 0.15) is 12.4 Å². The highest BCUT2D eigenvalue weighted by molar-refractivity contribution is 5.74. The molecule has 0 N–H and O–H groups in total. The molecule has 2 heterocycles. The molecule has 0 unspecified atom stereocenters. The van der Waals surface area contributed by atoms with Gasteiger partial charge in [-0.1, -0.05) is 20.8 Å². The van der Waals surface area contributed by atoms with Gasteiger partial charge in [0.15, 0.2) is 0 Å². The smallest absolute Gasteiger partial charge is 0.219 e. The molecular formula is C13H19N3O2. The van der Waals surface area contributed by atoms with Crippen molar-refractivity contribution in [3.05, 3.63) is 18.1 Å². The highest BCUT2D eigenvalue weighted by Crippen LogP contribution is 2.23. The monoisotopic (exact) mass is 249 g/mol. The van der Waals surface area contributed by atoms with Crippen molar-refractivity contribution in [2.45, 2.75) is 39.2 Å². The maximum absolute atomic E-state index is 11.1. The molecule has 5 heteroatoms. The molecule has 1 aromatic rings. The first-order chi connectivity index (χ1) is 8.36. The molecule has 1 amide bonds. The molecule has 0 aliphatic carbocycles. The van der Waals surface area contributed by atoms with Crippen LogP contribution in [0.5, 0.6) is 5.88 Å². The van der Waals surface area contributed by atoms with Crippen molar-refractivity contribution in [3.8, 4) is 5.88 Å². The van der Waals surface area contributed by atoms with E-state index in [1.54, 1.807) is 11.8 Å². The van der Waals surface area contributed by atoms with Crippen LogP contribution in [0.4, 0.5) is 0 Å². The van der Waals surface area contributed by atoms with Crippen molar-refractivity contribution in [1.29, 1.82) is 0 Å². The lowest BCUT2D eigenvalue weighted by Gasteiger charge is -2.38. The van der Waals surface area contributed by atoms with Gasteiger partial charge in [-0.15, -0.1) is 0 Å². The number of hydrogen-bond acceptors (Lipinski definition) is 4. The van der Waals surface area contributed by atoms with Crippen LogP contribution < -0.4 is 4.74 Å². The third-order valence-electron chi connectivity index (χ3n) is 2.99. The van der Waals surface area contributed by atoms with Crippen molar-refractivity contribution in [1.82, 2.24) is 14.9 Å². The number of likely N-dealkylation sites (tertiary alicyclic amines) is 1. The SMILES string of the molecule is CC(=O)N1CC(Oc2cc(C(C)(C)C)ncn2)C1. The second-order valence-electron chi connectivity index (χ2n) is 5.66. The van der Waals surface area contributed by atoms with Gasteiger partial charge >= 0.3 is 0 Å². The van der Waals surface area contributed by atoms with E-state index in [2.05, 4.69) is 30.7 Å². The first kappa shape index (κ1) is 12.8. The van der Waals surface area contributed by atoms with Crippen LogP contribution in [0.2, 0.25) is 0 Å². The van der Waals surface area contributed by atoms with Gasteiger partial charge in [0.2, 0.25) is 11.8 Å². The Balaban J connectivity index is 1.97. The third-order valence-corrected chi connectivity index (χ3v) is 2.99. The zero-order valence-electron chi connectivity index (χ0n) is 11.3. The maximum Gasteiger partial charge on any atom is 0.219 e. The van der Waals surface area contributed by atoms with Crippen molar-refractivity contribution in [2.75, 3.05) is 13.1 Å². The molecule has 1 aliphatic rings. The van der Waals surface area contributed by atoms with Crippen LogP contribution in [0.1, 0.15) is 33.4 Å². The molecule has 0 atom stereocenters. The first-order valence-electron chi connectivity index (χ1n) is 6.11. The molecule has 2 rings (SSSR count). The fraction of sp³-hybridized carbons (Fsp3) is 0.615. The number of aromatic nitrogens is 2. The summed E-state index contributed by atoms with van der Waals surface area (Å²) in [6, 6.07) is 1.87. The van der Waals surface area contributed by atoms with Gasteiger partial charge in [0.05, 0.1) is 18.8 Å². The fourth-order valence-electron chi connectivity index (χ4n) is 1.75. The third kappa shape index (κ3) is 2.78. The van der Waals surface area contributed by atoms with Crippen molar-refractivity contribution < 1.29 is 9.53 Å². The topological polar surface area (TPSA) is 55.3 Å². The number of nitrogens with zero attached hydrogens (tertiary/aromatic N) is 3. The molecule has 1 aromatic heterocycles. The summed E-state index contributed by atoms with van der Waals surface area (Å²) in [5.41, 5.74) is 0.932. The Morgan fingerprint density at radius 1 is 1.39 bits per heavy atom. The summed E-state index contributed by atoms with van der Waals surface area (Å²) >= 11 is 0. The maximum atomic E-state index is 11.1. The van der Waals surface area contributed by atoms with Crippen LogP contribution in [-0.2, 0) is 10.2 Å². The Hall–Kier alpha value is -1.65. The Morgan fingerprint density at radius 3 is 2.61 bits per heavy atom. The average molecular weight is 249 g/mol. The summed E-state index contributed by atoms with van der Waals surface area (Å²) in [5.74, 6) is 0.677. The normalized spacial score (nSPS) is 16.3. The number of hydrogen-bond donors (Lipinski definition) is 0. The first-order valence-corrected chi connectivity index (χ1v) is 6.11. The van der Waals surface area contributed by atoms with Gasteiger partial charge in [-0.3, -0.25) is 4.79 Å². The molecule has 1 saturated heterocycles. The Labute approximate surface area is 107 Å². The van der Waals surface area contributed by atoms with Crippen LogP contribution >= 0.6 is 0 Å². The zero-order valence-corrected chi connectivity index (χ0v) is 11.3. The van der Waals surface area contributed by atoms with E-state index in [9.17, 15) is 4.79 Å². The van der Waals surface area contributed by atoms with Crippen LogP contribution in [-0.4, -0.2) is 40.0 Å². The molecule has 1 fully saturated rings. The van der Waals surface area contributed by atoms with Crippen molar-refractivity contribution in [2.24, 2.45) is 0 Å². The summed E-state index contributed by atoms with van der Waals surface area (Å²) in [6.45, 7) is 9.15. The lowest BCUT2D eigenvalue weighted by atomic mass is 9.92. The quantitative estimate of drug-likeness (QED) is 0.794. The van der Waals surface area contributed by atoms with Crippen molar-refractivity contribution >= 4 is 5.91 Å². The Morgan fingerprint density at radius 2 is 2.06 bits per heavy atom. The summed E-state index contributed by atoms with van der Waals surface area (Å²) in [7, 11) is 0. The van der Waals surface area contributed by atoms with Gasteiger partial charge in [0.25, 0.3) is 0 Å². The van der Waals surface area contributed by atoms with Crippen LogP contribution in [0.25, 0.3) is 0 Å². The Bertz CT molecular complexity index is 448. The lowest BCUT2D eigenvalue weighted by Crippen LogP contribution is -2.55. The van der Waals surface area contributed by atoms with Gasteiger partial charge < -0.3 is 9.64 Å². The number of carbonyl (C=O) groups is 1. The molecule has 98 valence electrons. The van der Waals surface area contributed by atoms with E-state index in [1.807, 2.05) is 6.07 Å². The molecule has 5 nitrogen and oxygen atoms in total. The fourth-order valence-corrected chi connectivity index (χ4v) is 1.75. The molecule has 0 radical (unpaired) electrons. The second-order valence-corrected chi connectivity index (χ2v) is 5.66. The highest BCUT2D eigenvalue weighted by Gasteiger charge is 2.30. The minimum absolute atomic E-state index is 0.0217. The minimum Gasteiger partial charge on any atom is -0.470 e. The molecular weight excluding hydrogens is 230 g/mol. The Kier molecular flexibility index (Phi) is 3.24. The number of ether oxygens (including phenoxy) is 1. The predicted molar refractivity (Wildman–Crippen MR) is 67.4 cm³/mol. The molecule has 0 saturated carbocycles. The van der Waals surface area contributed by atoms with E-state index in [1.165, 1.54) is 6.33 Å².